The Balaban J connectivity index is 2.98. The average Bonchev–Trinajstić information content (AvgIpc) is 2.68. The number of ether oxygens (including phenoxy) is 1. The first kappa shape index (κ1) is 13.9. The van der Waals surface area contributed by atoms with Gasteiger partial charge in [0.25, 0.3) is 0 Å². The number of imidazole rings is 1. The molecule has 100 valence electrons. The SMILES string of the molecule is CCOC(=O)CN(CC)c1c([N+](=O)[O-])ncn1C. The van der Waals surface area contributed by atoms with Crippen molar-refractivity contribution in [3.63, 3.8) is 0 Å². The Morgan fingerprint density at radius 3 is 2.78 bits per heavy atom. The topological polar surface area (TPSA) is 90.5 Å². The normalized spacial score (nSPS) is 10.2. The molecule has 8 nitrogen and oxygen atoms in total. The number of nitrogens with zero attached hydrogens (tertiary/aromatic N) is 4. The van der Waals surface area contributed by atoms with Crippen molar-refractivity contribution in [1.29, 1.82) is 0 Å². The highest BCUT2D eigenvalue weighted by Gasteiger charge is 2.26. The highest BCUT2D eigenvalue weighted by Crippen LogP contribution is 2.25. The number of hydrogen-bond acceptors (Lipinski definition) is 6. The zero-order valence-electron chi connectivity index (χ0n) is 10.6. The lowest BCUT2D eigenvalue weighted by atomic mass is 10.4. The largest absolute Gasteiger partial charge is 0.465 e. The predicted octanol–water partition coefficient (Wildman–Crippen LogP) is 0.718. The molecule has 0 fully saturated rings. The summed E-state index contributed by atoms with van der Waals surface area (Å²) in [5.41, 5.74) is 0. The zero-order valence-corrected chi connectivity index (χ0v) is 10.6. The van der Waals surface area contributed by atoms with Crippen molar-refractivity contribution in [1.82, 2.24) is 9.55 Å². The molecule has 1 rings (SSSR count). The molecule has 0 aliphatic rings. The zero-order chi connectivity index (χ0) is 13.7. The molecule has 0 spiro atoms. The summed E-state index contributed by atoms with van der Waals surface area (Å²) in [6.45, 7) is 4.20. The molecule has 1 aromatic heterocycles. The molecule has 1 heterocycles. The standard InChI is InChI=1S/C10H16N4O4/c1-4-13(6-8(15)18-5-2)10-9(14(16)17)11-7-12(10)3/h7H,4-6H2,1-3H3. The molecule has 8 heteroatoms. The maximum absolute atomic E-state index is 11.4. The van der Waals surface area contributed by atoms with Gasteiger partial charge in [-0.1, -0.05) is 0 Å². The van der Waals surface area contributed by atoms with E-state index in [9.17, 15) is 14.9 Å². The first-order valence-corrected chi connectivity index (χ1v) is 5.57. The second-order valence-electron chi connectivity index (χ2n) is 3.58. The number of carbonyl (C=O) groups excluding carboxylic acids is 1. The molecule has 0 saturated heterocycles. The second-order valence-corrected chi connectivity index (χ2v) is 3.58. The lowest BCUT2D eigenvalue weighted by Crippen LogP contribution is -2.32. The van der Waals surface area contributed by atoms with E-state index in [1.807, 2.05) is 0 Å². The summed E-state index contributed by atoms with van der Waals surface area (Å²) in [5.74, 6) is -0.381. The van der Waals surface area contributed by atoms with Crippen molar-refractivity contribution < 1.29 is 14.5 Å². The Hall–Kier alpha value is -2.12. The van der Waals surface area contributed by atoms with E-state index in [-0.39, 0.29) is 19.0 Å². The quantitative estimate of drug-likeness (QED) is 0.423. The molecule has 1 aromatic rings. The molecule has 0 bridgehead atoms. The molecule has 0 unspecified atom stereocenters. The lowest BCUT2D eigenvalue weighted by Gasteiger charge is -2.20. The van der Waals surface area contributed by atoms with Crippen LogP contribution in [0.1, 0.15) is 13.8 Å². The molecule has 0 atom stereocenters. The van der Waals surface area contributed by atoms with Gasteiger partial charge in [-0.15, -0.1) is 0 Å². The van der Waals surface area contributed by atoms with Gasteiger partial charge in [-0.3, -0.25) is 9.36 Å². The number of likely N-dealkylation sites (N-methyl/N-ethyl adjacent to an activating group) is 1. The van der Waals surface area contributed by atoms with E-state index >= 15 is 0 Å². The fraction of sp³-hybridized carbons (Fsp3) is 0.600. The number of aromatic nitrogens is 2. The summed E-state index contributed by atoms with van der Waals surface area (Å²) in [6.07, 6.45) is 1.35. The van der Waals surface area contributed by atoms with E-state index in [0.29, 0.717) is 12.4 Å². The van der Waals surface area contributed by atoms with Gasteiger partial charge in [-0.05, 0) is 23.8 Å². The van der Waals surface area contributed by atoms with Crippen molar-refractivity contribution >= 4 is 17.6 Å². The summed E-state index contributed by atoms with van der Waals surface area (Å²) >= 11 is 0. The van der Waals surface area contributed by atoms with Crippen molar-refractivity contribution in [3.05, 3.63) is 16.4 Å². The van der Waals surface area contributed by atoms with Gasteiger partial charge in [-0.25, -0.2) is 0 Å². The minimum atomic E-state index is -0.566. The van der Waals surface area contributed by atoms with Crippen molar-refractivity contribution in [3.8, 4) is 0 Å². The summed E-state index contributed by atoms with van der Waals surface area (Å²) in [5, 5.41) is 10.9. The highest BCUT2D eigenvalue weighted by molar-refractivity contribution is 5.76. The predicted molar refractivity (Wildman–Crippen MR) is 64.4 cm³/mol. The number of anilines is 1. The van der Waals surface area contributed by atoms with E-state index < -0.39 is 10.9 Å². The van der Waals surface area contributed by atoms with Gasteiger partial charge in [0.05, 0.1) is 6.61 Å². The van der Waals surface area contributed by atoms with E-state index in [4.69, 9.17) is 4.74 Å². The van der Waals surface area contributed by atoms with Crippen LogP contribution >= 0.6 is 0 Å². The van der Waals surface area contributed by atoms with Crippen LogP contribution in [0.25, 0.3) is 0 Å². The Bertz CT molecular complexity index is 443. The Morgan fingerprint density at radius 1 is 1.61 bits per heavy atom. The molecule has 0 N–H and O–H groups in total. The van der Waals surface area contributed by atoms with Crippen LogP contribution in [0.5, 0.6) is 0 Å². The summed E-state index contributed by atoms with van der Waals surface area (Å²) in [4.78, 5) is 27.0. The maximum Gasteiger partial charge on any atom is 0.406 e. The summed E-state index contributed by atoms with van der Waals surface area (Å²) in [6, 6.07) is 0. The lowest BCUT2D eigenvalue weighted by molar-refractivity contribution is -0.388. The van der Waals surface area contributed by atoms with Gasteiger partial charge in [0.1, 0.15) is 6.54 Å². The number of carbonyl (C=O) groups is 1. The minimum absolute atomic E-state index is 0.0370. The highest BCUT2D eigenvalue weighted by atomic mass is 16.6. The van der Waals surface area contributed by atoms with Crippen LogP contribution < -0.4 is 4.90 Å². The Kier molecular flexibility index (Phi) is 4.64. The third kappa shape index (κ3) is 2.96. The molecule has 0 saturated carbocycles. The number of rotatable bonds is 6. The van der Waals surface area contributed by atoms with E-state index in [2.05, 4.69) is 4.98 Å². The van der Waals surface area contributed by atoms with Gasteiger partial charge in [0, 0.05) is 13.6 Å². The van der Waals surface area contributed by atoms with Crippen LogP contribution in [0, 0.1) is 10.1 Å². The van der Waals surface area contributed by atoms with Crippen LogP contribution in [-0.4, -0.2) is 40.1 Å². The molecule has 0 radical (unpaired) electrons. The first-order chi connectivity index (χ1) is 8.51. The van der Waals surface area contributed by atoms with Gasteiger partial charge in [0.2, 0.25) is 12.1 Å². The van der Waals surface area contributed by atoms with Gasteiger partial charge in [-0.2, -0.15) is 0 Å². The molecule has 0 amide bonds. The monoisotopic (exact) mass is 256 g/mol. The summed E-state index contributed by atoms with van der Waals surface area (Å²) < 4.78 is 6.35. The molecule has 18 heavy (non-hydrogen) atoms. The van der Waals surface area contributed by atoms with E-state index in [0.717, 1.165) is 0 Å². The number of hydrogen-bond donors (Lipinski definition) is 0. The third-order valence-corrected chi connectivity index (χ3v) is 2.37. The minimum Gasteiger partial charge on any atom is -0.465 e. The van der Waals surface area contributed by atoms with Crippen LogP contribution in [0.2, 0.25) is 0 Å². The summed E-state index contributed by atoms with van der Waals surface area (Å²) in [7, 11) is 1.64. The van der Waals surface area contributed by atoms with Gasteiger partial charge < -0.3 is 19.8 Å². The second kappa shape index (κ2) is 5.99. The first-order valence-electron chi connectivity index (χ1n) is 5.57. The van der Waals surface area contributed by atoms with Crippen molar-refractivity contribution in [2.24, 2.45) is 7.05 Å². The van der Waals surface area contributed by atoms with Crippen LogP contribution in [0.4, 0.5) is 11.6 Å². The van der Waals surface area contributed by atoms with Crippen molar-refractivity contribution in [2.45, 2.75) is 13.8 Å². The Morgan fingerprint density at radius 2 is 2.28 bits per heavy atom. The smallest absolute Gasteiger partial charge is 0.406 e. The molecule has 0 aliphatic carbocycles. The van der Waals surface area contributed by atoms with Crippen LogP contribution in [-0.2, 0) is 16.6 Å². The number of aryl methyl sites for hydroxylation is 1. The molecular weight excluding hydrogens is 240 g/mol. The van der Waals surface area contributed by atoms with Crippen LogP contribution in [0.3, 0.4) is 0 Å². The fourth-order valence-corrected chi connectivity index (χ4v) is 1.60. The number of esters is 1. The number of nitro groups is 1. The fourth-order valence-electron chi connectivity index (χ4n) is 1.60. The van der Waals surface area contributed by atoms with Gasteiger partial charge in [0.15, 0.2) is 0 Å². The molecule has 0 aromatic carbocycles. The third-order valence-electron chi connectivity index (χ3n) is 2.37. The average molecular weight is 256 g/mol. The van der Waals surface area contributed by atoms with E-state index in [1.165, 1.54) is 10.9 Å². The Labute approximate surface area is 104 Å². The molecule has 0 aliphatic heterocycles. The molecular formula is C10H16N4O4. The van der Waals surface area contributed by atoms with Gasteiger partial charge >= 0.3 is 11.8 Å². The maximum atomic E-state index is 11.4. The van der Waals surface area contributed by atoms with E-state index in [1.54, 1.807) is 25.8 Å². The van der Waals surface area contributed by atoms with Crippen molar-refractivity contribution in [2.75, 3.05) is 24.6 Å². The van der Waals surface area contributed by atoms with Crippen LogP contribution in [0.15, 0.2) is 6.33 Å².